The molecule has 2 aromatic carbocycles. The SMILES string of the molecule is CC(C)OC(Cc1ccc(-c2[nH]ccc2C(=O)COc2ccc(C(F)(F)F)cc2)cc1)C(=O)O. The molecule has 0 radical (unpaired) electrons. The predicted molar refractivity (Wildman–Crippen MR) is 119 cm³/mol. The average Bonchev–Trinajstić information content (AvgIpc) is 3.27. The van der Waals surface area contributed by atoms with Gasteiger partial charge in [0.15, 0.2) is 12.7 Å². The number of hydrogen-bond donors (Lipinski definition) is 2. The molecule has 0 saturated heterocycles. The number of nitrogens with one attached hydrogen (secondary N) is 1. The number of Topliss-reactive ketones (excluding diaryl/α,β-unsaturated/α-hetero) is 1. The van der Waals surface area contributed by atoms with Crippen LogP contribution in [0.25, 0.3) is 11.3 Å². The molecule has 1 unspecified atom stereocenters. The zero-order valence-electron chi connectivity index (χ0n) is 18.6. The molecule has 0 aliphatic rings. The Morgan fingerprint density at radius 2 is 1.65 bits per heavy atom. The summed E-state index contributed by atoms with van der Waals surface area (Å²) < 4.78 is 48.8. The summed E-state index contributed by atoms with van der Waals surface area (Å²) in [6.45, 7) is 3.19. The largest absolute Gasteiger partial charge is 0.485 e. The maximum absolute atomic E-state index is 12.7. The highest BCUT2D eigenvalue weighted by molar-refractivity contribution is 6.02. The fraction of sp³-hybridized carbons (Fsp3) is 0.280. The van der Waals surface area contributed by atoms with Gasteiger partial charge in [0.2, 0.25) is 5.78 Å². The molecule has 0 fully saturated rings. The van der Waals surface area contributed by atoms with Gasteiger partial charge >= 0.3 is 12.1 Å². The Morgan fingerprint density at radius 1 is 1.00 bits per heavy atom. The number of halogens is 3. The fourth-order valence-electron chi connectivity index (χ4n) is 3.35. The lowest BCUT2D eigenvalue weighted by Crippen LogP contribution is -2.29. The van der Waals surface area contributed by atoms with Crippen molar-refractivity contribution in [3.8, 4) is 17.0 Å². The van der Waals surface area contributed by atoms with E-state index in [0.717, 1.165) is 17.7 Å². The van der Waals surface area contributed by atoms with E-state index in [4.69, 9.17) is 9.47 Å². The molecule has 1 heterocycles. The molecule has 0 aliphatic carbocycles. The van der Waals surface area contributed by atoms with Gasteiger partial charge in [-0.05, 0) is 55.3 Å². The summed E-state index contributed by atoms with van der Waals surface area (Å²) in [5.74, 6) is -1.24. The predicted octanol–water partition coefficient (Wildman–Crippen LogP) is 5.38. The lowest BCUT2D eigenvalue weighted by Gasteiger charge is -2.16. The average molecular weight is 475 g/mol. The summed E-state index contributed by atoms with van der Waals surface area (Å²) in [6.07, 6.45) is -3.83. The van der Waals surface area contributed by atoms with E-state index in [-0.39, 0.29) is 30.7 Å². The van der Waals surface area contributed by atoms with Gasteiger partial charge in [0.1, 0.15) is 5.75 Å². The van der Waals surface area contributed by atoms with Crippen LogP contribution in [0.5, 0.6) is 5.75 Å². The highest BCUT2D eigenvalue weighted by Crippen LogP contribution is 2.30. The number of aromatic nitrogens is 1. The number of carbonyl (C=O) groups excluding carboxylic acids is 1. The number of carbonyl (C=O) groups is 2. The van der Waals surface area contributed by atoms with E-state index in [1.54, 1.807) is 50.4 Å². The van der Waals surface area contributed by atoms with Gasteiger partial charge in [-0.1, -0.05) is 24.3 Å². The molecule has 180 valence electrons. The van der Waals surface area contributed by atoms with Crippen molar-refractivity contribution in [3.63, 3.8) is 0 Å². The Kier molecular flexibility index (Phi) is 7.78. The van der Waals surface area contributed by atoms with Crippen molar-refractivity contribution in [2.24, 2.45) is 0 Å². The monoisotopic (exact) mass is 475 g/mol. The van der Waals surface area contributed by atoms with Gasteiger partial charge in [-0.2, -0.15) is 13.2 Å². The molecule has 0 amide bonds. The quantitative estimate of drug-likeness (QED) is 0.384. The van der Waals surface area contributed by atoms with Gasteiger partial charge in [0.05, 0.1) is 17.4 Å². The minimum Gasteiger partial charge on any atom is -0.485 e. The van der Waals surface area contributed by atoms with Gasteiger partial charge in [0.25, 0.3) is 0 Å². The zero-order chi connectivity index (χ0) is 24.9. The van der Waals surface area contributed by atoms with E-state index in [2.05, 4.69) is 4.98 Å². The van der Waals surface area contributed by atoms with Crippen LogP contribution >= 0.6 is 0 Å². The lowest BCUT2D eigenvalue weighted by molar-refractivity contribution is -0.153. The summed E-state index contributed by atoms with van der Waals surface area (Å²) in [5, 5.41) is 9.34. The summed E-state index contributed by atoms with van der Waals surface area (Å²) in [7, 11) is 0. The first kappa shape index (κ1) is 25.0. The number of carboxylic acid groups (broad SMARTS) is 1. The number of ether oxygens (including phenoxy) is 2. The van der Waals surface area contributed by atoms with Crippen molar-refractivity contribution in [1.29, 1.82) is 0 Å². The molecule has 3 aromatic rings. The molecule has 3 rings (SSSR count). The first-order valence-corrected chi connectivity index (χ1v) is 10.5. The number of alkyl halides is 3. The topological polar surface area (TPSA) is 88.6 Å². The number of carboxylic acids is 1. The summed E-state index contributed by atoms with van der Waals surface area (Å²) in [5.41, 5.74) is 1.60. The van der Waals surface area contributed by atoms with Crippen molar-refractivity contribution < 1.29 is 37.3 Å². The van der Waals surface area contributed by atoms with Crippen LogP contribution in [-0.4, -0.2) is 40.7 Å². The molecule has 2 N–H and O–H groups in total. The van der Waals surface area contributed by atoms with Crippen LogP contribution in [0, 0.1) is 0 Å². The second-order valence-electron chi connectivity index (χ2n) is 7.91. The van der Waals surface area contributed by atoms with E-state index < -0.39 is 23.8 Å². The van der Waals surface area contributed by atoms with Crippen molar-refractivity contribution >= 4 is 11.8 Å². The minimum atomic E-state index is -4.44. The van der Waals surface area contributed by atoms with Crippen LogP contribution < -0.4 is 4.74 Å². The fourth-order valence-corrected chi connectivity index (χ4v) is 3.35. The van der Waals surface area contributed by atoms with Crippen LogP contribution in [0.4, 0.5) is 13.2 Å². The molecule has 0 aliphatic heterocycles. The molecule has 6 nitrogen and oxygen atoms in total. The molecular weight excluding hydrogens is 451 g/mol. The molecule has 34 heavy (non-hydrogen) atoms. The van der Waals surface area contributed by atoms with Crippen LogP contribution in [0.1, 0.15) is 35.3 Å². The van der Waals surface area contributed by atoms with E-state index in [1.807, 2.05) is 0 Å². The Morgan fingerprint density at radius 3 is 2.21 bits per heavy atom. The maximum atomic E-state index is 12.7. The van der Waals surface area contributed by atoms with E-state index in [1.165, 1.54) is 12.1 Å². The molecule has 0 bridgehead atoms. The Labute approximate surface area is 194 Å². The van der Waals surface area contributed by atoms with Gasteiger partial charge < -0.3 is 19.6 Å². The molecule has 0 saturated carbocycles. The molecule has 1 aromatic heterocycles. The highest BCUT2D eigenvalue weighted by atomic mass is 19.4. The normalized spacial score (nSPS) is 12.5. The summed E-state index contributed by atoms with van der Waals surface area (Å²) in [4.78, 5) is 27.1. The molecule has 0 spiro atoms. The standard InChI is InChI=1S/C25H24F3NO5/c1-15(2)34-22(24(31)32)13-16-3-5-17(6-4-16)23-20(11-12-29-23)21(30)14-33-19-9-7-18(8-10-19)25(26,27)28/h3-12,15,22,29H,13-14H2,1-2H3,(H,31,32). The van der Waals surface area contributed by atoms with Crippen LogP contribution in [0.3, 0.4) is 0 Å². The third-order valence-electron chi connectivity index (χ3n) is 4.97. The van der Waals surface area contributed by atoms with Crippen molar-refractivity contribution in [2.45, 2.75) is 38.7 Å². The first-order valence-electron chi connectivity index (χ1n) is 10.5. The summed E-state index contributed by atoms with van der Waals surface area (Å²) in [6, 6.07) is 12.8. The number of hydrogen-bond acceptors (Lipinski definition) is 4. The zero-order valence-corrected chi connectivity index (χ0v) is 18.6. The van der Waals surface area contributed by atoms with Gasteiger partial charge in [-0.15, -0.1) is 0 Å². The van der Waals surface area contributed by atoms with Crippen molar-refractivity contribution in [2.75, 3.05) is 6.61 Å². The number of aromatic amines is 1. The summed E-state index contributed by atoms with van der Waals surface area (Å²) >= 11 is 0. The van der Waals surface area contributed by atoms with E-state index >= 15 is 0 Å². The Bertz CT molecular complexity index is 1120. The molecular formula is C25H24F3NO5. The third-order valence-corrected chi connectivity index (χ3v) is 4.97. The molecule has 1 atom stereocenters. The number of H-pyrrole nitrogens is 1. The number of rotatable bonds is 10. The maximum Gasteiger partial charge on any atom is 0.416 e. The Hall–Kier alpha value is -3.59. The molecule has 9 heteroatoms. The second kappa shape index (κ2) is 10.6. The van der Waals surface area contributed by atoms with Crippen LogP contribution in [-0.2, 0) is 22.1 Å². The van der Waals surface area contributed by atoms with Gasteiger partial charge in [0, 0.05) is 18.2 Å². The number of aliphatic carboxylic acids is 1. The number of ketones is 1. The number of benzene rings is 2. The van der Waals surface area contributed by atoms with Crippen molar-refractivity contribution in [3.05, 3.63) is 77.5 Å². The highest BCUT2D eigenvalue weighted by Gasteiger charge is 2.30. The van der Waals surface area contributed by atoms with Gasteiger partial charge in [-0.25, -0.2) is 4.79 Å². The first-order chi connectivity index (χ1) is 16.0. The Balaban J connectivity index is 1.66. The smallest absolute Gasteiger partial charge is 0.416 e. The minimum absolute atomic E-state index is 0.152. The second-order valence-corrected chi connectivity index (χ2v) is 7.91. The van der Waals surface area contributed by atoms with Gasteiger partial charge in [-0.3, -0.25) is 4.79 Å². The van der Waals surface area contributed by atoms with E-state index in [0.29, 0.717) is 16.8 Å². The van der Waals surface area contributed by atoms with Crippen LogP contribution in [0.15, 0.2) is 60.8 Å². The van der Waals surface area contributed by atoms with Crippen LogP contribution in [0.2, 0.25) is 0 Å². The van der Waals surface area contributed by atoms with E-state index in [9.17, 15) is 27.9 Å². The van der Waals surface area contributed by atoms with Crippen molar-refractivity contribution in [1.82, 2.24) is 4.98 Å². The third kappa shape index (κ3) is 6.48. The lowest BCUT2D eigenvalue weighted by atomic mass is 10.0.